The Balaban J connectivity index is 2.63. The molecule has 0 aliphatic heterocycles. The second kappa shape index (κ2) is 4.58. The van der Waals surface area contributed by atoms with Crippen molar-refractivity contribution in [1.82, 2.24) is 0 Å². The minimum atomic E-state index is 0.271. The van der Waals surface area contributed by atoms with E-state index in [9.17, 15) is 0 Å². The molecule has 1 aliphatic rings. The van der Waals surface area contributed by atoms with Crippen molar-refractivity contribution in [3.05, 3.63) is 34.4 Å². The number of hydrogen-bond donors (Lipinski definition) is 1. The number of hydrogen-bond acceptors (Lipinski definition) is 1. The Morgan fingerprint density at radius 1 is 1.06 bits per heavy atom. The van der Waals surface area contributed by atoms with Gasteiger partial charge in [-0.2, -0.15) is 0 Å². The molecule has 0 aromatic heterocycles. The zero-order valence-corrected chi connectivity index (χ0v) is 10.7. The molecule has 0 saturated carbocycles. The minimum absolute atomic E-state index is 0.271. The molecule has 0 fully saturated rings. The minimum Gasteiger partial charge on any atom is -0.324 e. The predicted octanol–water partition coefficient (Wildman–Crippen LogP) is 3.71. The van der Waals surface area contributed by atoms with Crippen molar-refractivity contribution >= 4 is 0 Å². The predicted molar refractivity (Wildman–Crippen MR) is 69.8 cm³/mol. The summed E-state index contributed by atoms with van der Waals surface area (Å²) in [7, 11) is 0. The molecule has 88 valence electrons. The molecule has 0 amide bonds. The molecule has 0 saturated heterocycles. The lowest BCUT2D eigenvalue weighted by Gasteiger charge is -2.31. The molecule has 2 unspecified atom stereocenters. The molecule has 0 heterocycles. The fourth-order valence-corrected chi connectivity index (χ4v) is 3.08. The first-order valence-electron chi connectivity index (χ1n) is 6.59. The Kier molecular flexibility index (Phi) is 3.34. The first-order valence-corrected chi connectivity index (χ1v) is 6.59. The Bertz CT molecular complexity index is 344. The SMILES string of the molecule is CCc1ccc(CC)c2c1C(C)CCC2N. The molecule has 0 spiro atoms. The fourth-order valence-electron chi connectivity index (χ4n) is 3.08. The van der Waals surface area contributed by atoms with E-state index in [1.54, 1.807) is 5.56 Å². The summed E-state index contributed by atoms with van der Waals surface area (Å²) in [4.78, 5) is 0. The number of rotatable bonds is 2. The molecule has 1 aromatic carbocycles. The van der Waals surface area contributed by atoms with Crippen LogP contribution in [0.2, 0.25) is 0 Å². The maximum atomic E-state index is 6.31. The van der Waals surface area contributed by atoms with Crippen molar-refractivity contribution in [1.29, 1.82) is 0 Å². The molecule has 0 bridgehead atoms. The molecule has 1 nitrogen and oxygen atoms in total. The molecule has 1 aliphatic carbocycles. The first-order chi connectivity index (χ1) is 7.69. The highest BCUT2D eigenvalue weighted by Crippen LogP contribution is 2.40. The van der Waals surface area contributed by atoms with Crippen LogP contribution in [0.1, 0.15) is 67.8 Å². The summed E-state index contributed by atoms with van der Waals surface area (Å²) in [5.41, 5.74) is 12.3. The number of nitrogens with two attached hydrogens (primary N) is 1. The zero-order valence-electron chi connectivity index (χ0n) is 10.7. The van der Waals surface area contributed by atoms with Gasteiger partial charge < -0.3 is 5.73 Å². The molecular weight excluding hydrogens is 194 g/mol. The Hall–Kier alpha value is -0.820. The molecular formula is C15H23N. The van der Waals surface area contributed by atoms with E-state index in [0.717, 1.165) is 19.3 Å². The van der Waals surface area contributed by atoms with Crippen molar-refractivity contribution in [2.24, 2.45) is 5.73 Å². The van der Waals surface area contributed by atoms with Gasteiger partial charge in [0.05, 0.1) is 0 Å². The highest BCUT2D eigenvalue weighted by molar-refractivity contribution is 5.46. The zero-order chi connectivity index (χ0) is 11.7. The summed E-state index contributed by atoms with van der Waals surface area (Å²) in [5.74, 6) is 0.691. The number of aryl methyl sites for hydroxylation is 2. The van der Waals surface area contributed by atoms with Gasteiger partial charge in [-0.15, -0.1) is 0 Å². The molecule has 2 rings (SSSR count). The lowest BCUT2D eigenvalue weighted by molar-refractivity contribution is 0.506. The highest BCUT2D eigenvalue weighted by Gasteiger charge is 2.26. The van der Waals surface area contributed by atoms with Crippen LogP contribution in [0, 0.1) is 0 Å². The lowest BCUT2D eigenvalue weighted by Crippen LogP contribution is -2.22. The van der Waals surface area contributed by atoms with E-state index < -0.39 is 0 Å². The van der Waals surface area contributed by atoms with Crippen LogP contribution in [-0.4, -0.2) is 0 Å². The van der Waals surface area contributed by atoms with Crippen molar-refractivity contribution in [3.63, 3.8) is 0 Å². The second-order valence-corrected chi connectivity index (χ2v) is 5.00. The Morgan fingerprint density at radius 2 is 1.62 bits per heavy atom. The Morgan fingerprint density at radius 3 is 2.19 bits per heavy atom. The maximum absolute atomic E-state index is 6.31. The van der Waals surface area contributed by atoms with Gasteiger partial charge in [-0.05, 0) is 53.9 Å². The van der Waals surface area contributed by atoms with E-state index >= 15 is 0 Å². The van der Waals surface area contributed by atoms with Gasteiger partial charge in [0.15, 0.2) is 0 Å². The van der Waals surface area contributed by atoms with Crippen LogP contribution in [-0.2, 0) is 12.8 Å². The third-order valence-corrected chi connectivity index (χ3v) is 4.00. The second-order valence-electron chi connectivity index (χ2n) is 5.00. The summed E-state index contributed by atoms with van der Waals surface area (Å²) < 4.78 is 0. The highest BCUT2D eigenvalue weighted by atomic mass is 14.6. The van der Waals surface area contributed by atoms with Gasteiger partial charge in [0.2, 0.25) is 0 Å². The van der Waals surface area contributed by atoms with E-state index in [2.05, 4.69) is 32.9 Å². The number of fused-ring (bicyclic) bond motifs is 1. The monoisotopic (exact) mass is 217 g/mol. The van der Waals surface area contributed by atoms with Crippen LogP contribution in [0.15, 0.2) is 12.1 Å². The molecule has 0 radical (unpaired) electrons. The van der Waals surface area contributed by atoms with Crippen LogP contribution in [0.25, 0.3) is 0 Å². The normalized spacial score (nSPS) is 24.2. The van der Waals surface area contributed by atoms with Crippen LogP contribution in [0.4, 0.5) is 0 Å². The van der Waals surface area contributed by atoms with Gasteiger partial charge in [-0.3, -0.25) is 0 Å². The average Bonchev–Trinajstić information content (AvgIpc) is 2.32. The summed E-state index contributed by atoms with van der Waals surface area (Å²) in [6, 6.07) is 4.87. The van der Waals surface area contributed by atoms with Crippen LogP contribution >= 0.6 is 0 Å². The topological polar surface area (TPSA) is 26.0 Å². The lowest BCUT2D eigenvalue weighted by atomic mass is 9.76. The standard InChI is InChI=1S/C15H23N/c1-4-11-7-8-12(5-2)15-13(16)9-6-10(3)14(11)15/h7-8,10,13H,4-6,9,16H2,1-3H3. The molecule has 2 N–H and O–H groups in total. The molecule has 2 atom stereocenters. The maximum Gasteiger partial charge on any atom is 0.0300 e. The smallest absolute Gasteiger partial charge is 0.0300 e. The van der Waals surface area contributed by atoms with E-state index in [0.29, 0.717) is 5.92 Å². The van der Waals surface area contributed by atoms with Crippen molar-refractivity contribution in [2.45, 2.75) is 58.4 Å². The van der Waals surface area contributed by atoms with Gasteiger partial charge in [0.25, 0.3) is 0 Å². The van der Waals surface area contributed by atoms with Crippen molar-refractivity contribution < 1.29 is 0 Å². The van der Waals surface area contributed by atoms with Gasteiger partial charge in [0, 0.05) is 6.04 Å². The molecule has 1 aromatic rings. The van der Waals surface area contributed by atoms with E-state index in [-0.39, 0.29) is 6.04 Å². The summed E-state index contributed by atoms with van der Waals surface area (Å²) in [6.07, 6.45) is 4.62. The Labute approximate surface area is 99.0 Å². The third kappa shape index (κ3) is 1.78. The first kappa shape index (κ1) is 11.7. The van der Waals surface area contributed by atoms with E-state index in [1.807, 2.05) is 0 Å². The van der Waals surface area contributed by atoms with E-state index in [1.165, 1.54) is 23.1 Å². The largest absolute Gasteiger partial charge is 0.324 e. The number of benzene rings is 1. The summed E-state index contributed by atoms with van der Waals surface area (Å²) in [6.45, 7) is 6.82. The van der Waals surface area contributed by atoms with Crippen molar-refractivity contribution in [2.75, 3.05) is 0 Å². The van der Waals surface area contributed by atoms with Crippen LogP contribution in [0.3, 0.4) is 0 Å². The quantitative estimate of drug-likeness (QED) is 0.803. The molecule has 16 heavy (non-hydrogen) atoms. The molecule has 1 heteroatoms. The third-order valence-electron chi connectivity index (χ3n) is 4.00. The van der Waals surface area contributed by atoms with Crippen LogP contribution in [0.5, 0.6) is 0 Å². The fraction of sp³-hybridized carbons (Fsp3) is 0.600. The van der Waals surface area contributed by atoms with E-state index in [4.69, 9.17) is 5.73 Å². The van der Waals surface area contributed by atoms with Gasteiger partial charge in [-0.25, -0.2) is 0 Å². The van der Waals surface area contributed by atoms with Crippen LogP contribution < -0.4 is 5.73 Å². The summed E-state index contributed by atoms with van der Waals surface area (Å²) >= 11 is 0. The van der Waals surface area contributed by atoms with Gasteiger partial charge >= 0.3 is 0 Å². The average molecular weight is 217 g/mol. The van der Waals surface area contributed by atoms with Gasteiger partial charge in [0.1, 0.15) is 0 Å². The summed E-state index contributed by atoms with van der Waals surface area (Å²) in [5, 5.41) is 0. The van der Waals surface area contributed by atoms with Gasteiger partial charge in [-0.1, -0.05) is 32.9 Å². The van der Waals surface area contributed by atoms with Crippen molar-refractivity contribution in [3.8, 4) is 0 Å².